The Bertz CT molecular complexity index is 860. The van der Waals surface area contributed by atoms with Crippen molar-refractivity contribution in [2.24, 2.45) is 5.92 Å². The van der Waals surface area contributed by atoms with Crippen LogP contribution in [0.15, 0.2) is 18.2 Å². The number of rotatable bonds is 6. The lowest BCUT2D eigenvalue weighted by Crippen LogP contribution is -2.47. The highest BCUT2D eigenvalue weighted by molar-refractivity contribution is 7.89. The van der Waals surface area contributed by atoms with E-state index in [4.69, 9.17) is 4.74 Å². The highest BCUT2D eigenvalue weighted by Crippen LogP contribution is 2.20. The summed E-state index contributed by atoms with van der Waals surface area (Å²) in [6.07, 6.45) is 1.44. The molecule has 1 aromatic rings. The summed E-state index contributed by atoms with van der Waals surface area (Å²) in [5.74, 6) is -0.699. The van der Waals surface area contributed by atoms with Gasteiger partial charge in [0.15, 0.2) is 0 Å². The number of carbonyl (C=O) groups is 2. The summed E-state index contributed by atoms with van der Waals surface area (Å²) in [5, 5.41) is 2.75. The number of piperidine rings is 1. The first kappa shape index (κ1) is 22.7. The van der Waals surface area contributed by atoms with E-state index in [2.05, 4.69) is 5.32 Å². The lowest BCUT2D eigenvalue weighted by molar-refractivity contribution is -0.126. The fourth-order valence-electron chi connectivity index (χ4n) is 4.06. The first-order valence-corrected chi connectivity index (χ1v) is 12.1. The van der Waals surface area contributed by atoms with Gasteiger partial charge in [-0.2, -0.15) is 4.31 Å². The molecule has 2 amide bonds. The predicted octanol–water partition coefficient (Wildman–Crippen LogP) is 0.934. The van der Waals surface area contributed by atoms with Crippen molar-refractivity contribution in [1.82, 2.24) is 14.5 Å². The van der Waals surface area contributed by atoms with Gasteiger partial charge in [-0.15, -0.1) is 0 Å². The van der Waals surface area contributed by atoms with Gasteiger partial charge in [-0.25, -0.2) is 8.42 Å². The van der Waals surface area contributed by atoms with Crippen molar-refractivity contribution in [3.8, 4) is 0 Å². The SMILES string of the molecule is Cc1cc(C)cc(C(=O)N2CCCC(C(=O)NCCS(=O)(=O)N3CCOCC3)C2)c1. The van der Waals surface area contributed by atoms with E-state index in [1.807, 2.05) is 32.0 Å². The molecule has 0 spiro atoms. The Kier molecular flexibility index (Phi) is 7.49. The van der Waals surface area contributed by atoms with Gasteiger partial charge in [0.05, 0.1) is 24.9 Å². The van der Waals surface area contributed by atoms with Crippen LogP contribution in [0.5, 0.6) is 0 Å². The van der Waals surface area contributed by atoms with Crippen LogP contribution in [0.3, 0.4) is 0 Å². The zero-order chi connectivity index (χ0) is 21.7. The van der Waals surface area contributed by atoms with Crippen molar-refractivity contribution in [1.29, 1.82) is 0 Å². The third kappa shape index (κ3) is 5.80. The van der Waals surface area contributed by atoms with Crippen LogP contribution in [-0.2, 0) is 19.6 Å². The summed E-state index contributed by atoms with van der Waals surface area (Å²) in [4.78, 5) is 27.2. The van der Waals surface area contributed by atoms with Gasteiger partial charge in [0.2, 0.25) is 15.9 Å². The maximum Gasteiger partial charge on any atom is 0.253 e. The number of amides is 2. The largest absolute Gasteiger partial charge is 0.379 e. The lowest BCUT2D eigenvalue weighted by Gasteiger charge is -2.32. The third-order valence-corrected chi connectivity index (χ3v) is 7.44. The van der Waals surface area contributed by atoms with Crippen LogP contribution in [-0.4, -0.2) is 81.1 Å². The molecule has 30 heavy (non-hydrogen) atoms. The first-order valence-electron chi connectivity index (χ1n) is 10.5. The van der Waals surface area contributed by atoms with Gasteiger partial charge in [-0.3, -0.25) is 9.59 Å². The average Bonchev–Trinajstić information content (AvgIpc) is 2.73. The highest BCUT2D eigenvalue weighted by atomic mass is 32.2. The normalized spacial score (nSPS) is 20.7. The summed E-state index contributed by atoms with van der Waals surface area (Å²) in [5.41, 5.74) is 2.71. The average molecular weight is 438 g/mol. The molecule has 2 fully saturated rings. The van der Waals surface area contributed by atoms with Gasteiger partial charge in [-0.05, 0) is 38.8 Å². The van der Waals surface area contributed by atoms with E-state index in [0.717, 1.165) is 17.5 Å². The maximum atomic E-state index is 12.9. The number of hydrogen-bond donors (Lipinski definition) is 1. The minimum absolute atomic E-state index is 0.0609. The number of hydrogen-bond acceptors (Lipinski definition) is 5. The smallest absolute Gasteiger partial charge is 0.253 e. The Hall–Kier alpha value is -1.97. The fraction of sp³-hybridized carbons (Fsp3) is 0.619. The third-order valence-electron chi connectivity index (χ3n) is 5.57. The van der Waals surface area contributed by atoms with Crippen LogP contribution in [0.25, 0.3) is 0 Å². The fourth-order valence-corrected chi connectivity index (χ4v) is 5.38. The molecule has 1 N–H and O–H groups in total. The number of nitrogens with zero attached hydrogens (tertiary/aromatic N) is 2. The Balaban J connectivity index is 1.52. The van der Waals surface area contributed by atoms with Crippen LogP contribution in [0.1, 0.15) is 34.3 Å². The molecule has 1 aromatic carbocycles. The summed E-state index contributed by atoms with van der Waals surface area (Å²) in [7, 11) is -3.40. The maximum absolute atomic E-state index is 12.9. The zero-order valence-corrected chi connectivity index (χ0v) is 18.5. The number of morpholine rings is 1. The number of ether oxygens (including phenoxy) is 1. The number of likely N-dealkylation sites (tertiary alicyclic amines) is 1. The number of carbonyl (C=O) groups excluding carboxylic acids is 2. The molecule has 0 radical (unpaired) electrons. The van der Waals surface area contributed by atoms with Crippen molar-refractivity contribution in [3.05, 3.63) is 34.9 Å². The predicted molar refractivity (Wildman–Crippen MR) is 114 cm³/mol. The Morgan fingerprint density at radius 3 is 2.43 bits per heavy atom. The topological polar surface area (TPSA) is 96.0 Å². The van der Waals surface area contributed by atoms with Gasteiger partial charge in [0.1, 0.15) is 0 Å². The van der Waals surface area contributed by atoms with Gasteiger partial charge in [0, 0.05) is 38.3 Å². The van der Waals surface area contributed by atoms with Crippen molar-refractivity contribution >= 4 is 21.8 Å². The Labute approximate surface area is 178 Å². The molecule has 2 aliphatic heterocycles. The van der Waals surface area contributed by atoms with Crippen molar-refractivity contribution in [2.45, 2.75) is 26.7 Å². The molecule has 8 nitrogen and oxygen atoms in total. The molecule has 0 bridgehead atoms. The summed E-state index contributed by atoms with van der Waals surface area (Å²) in [6.45, 7) is 6.48. The van der Waals surface area contributed by atoms with Gasteiger partial charge < -0.3 is 15.0 Å². The minimum atomic E-state index is -3.40. The monoisotopic (exact) mass is 437 g/mol. The van der Waals surface area contributed by atoms with Crippen LogP contribution in [0.4, 0.5) is 0 Å². The molecule has 2 heterocycles. The molecule has 0 aromatic heterocycles. The second-order valence-electron chi connectivity index (χ2n) is 8.09. The van der Waals surface area contributed by atoms with E-state index >= 15 is 0 Å². The molecule has 0 saturated carbocycles. The van der Waals surface area contributed by atoms with Crippen molar-refractivity contribution in [2.75, 3.05) is 51.7 Å². The van der Waals surface area contributed by atoms with E-state index in [1.165, 1.54) is 4.31 Å². The molecule has 1 atom stereocenters. The van der Waals surface area contributed by atoms with E-state index in [-0.39, 0.29) is 30.0 Å². The van der Waals surface area contributed by atoms with E-state index < -0.39 is 10.0 Å². The van der Waals surface area contributed by atoms with Crippen LogP contribution in [0.2, 0.25) is 0 Å². The molecule has 9 heteroatoms. The lowest BCUT2D eigenvalue weighted by atomic mass is 9.96. The highest BCUT2D eigenvalue weighted by Gasteiger charge is 2.30. The first-order chi connectivity index (χ1) is 14.3. The summed E-state index contributed by atoms with van der Waals surface area (Å²) >= 11 is 0. The Morgan fingerprint density at radius 2 is 1.77 bits per heavy atom. The van der Waals surface area contributed by atoms with E-state index in [0.29, 0.717) is 51.4 Å². The zero-order valence-electron chi connectivity index (χ0n) is 17.7. The van der Waals surface area contributed by atoms with Gasteiger partial charge >= 0.3 is 0 Å². The van der Waals surface area contributed by atoms with Crippen molar-refractivity contribution < 1.29 is 22.7 Å². The molecule has 0 aliphatic carbocycles. The molecule has 166 valence electrons. The number of aryl methyl sites for hydroxylation is 2. The summed E-state index contributed by atoms with van der Waals surface area (Å²) < 4.78 is 31.3. The van der Waals surface area contributed by atoms with Crippen LogP contribution < -0.4 is 5.32 Å². The minimum Gasteiger partial charge on any atom is -0.379 e. The number of nitrogens with one attached hydrogen (secondary N) is 1. The second-order valence-corrected chi connectivity index (χ2v) is 10.2. The number of benzene rings is 1. The number of sulfonamides is 1. The van der Waals surface area contributed by atoms with E-state index in [1.54, 1.807) is 4.90 Å². The molecule has 2 aliphatic rings. The van der Waals surface area contributed by atoms with E-state index in [9.17, 15) is 18.0 Å². The molecule has 1 unspecified atom stereocenters. The van der Waals surface area contributed by atoms with Crippen LogP contribution in [0, 0.1) is 19.8 Å². The van der Waals surface area contributed by atoms with Crippen LogP contribution >= 0.6 is 0 Å². The molecule has 3 rings (SSSR count). The Morgan fingerprint density at radius 1 is 1.10 bits per heavy atom. The summed E-state index contributed by atoms with van der Waals surface area (Å²) in [6, 6.07) is 5.76. The standard InChI is InChI=1S/C21H31N3O5S/c1-16-12-17(2)14-19(13-16)21(26)23-6-3-4-18(15-23)20(25)22-5-11-30(27,28)24-7-9-29-10-8-24/h12-14,18H,3-11,15H2,1-2H3,(H,22,25). The van der Waals surface area contributed by atoms with Gasteiger partial charge in [-0.1, -0.05) is 17.2 Å². The molecule has 2 saturated heterocycles. The van der Waals surface area contributed by atoms with Gasteiger partial charge in [0.25, 0.3) is 5.91 Å². The second kappa shape index (κ2) is 9.89. The quantitative estimate of drug-likeness (QED) is 0.714. The van der Waals surface area contributed by atoms with Crippen molar-refractivity contribution in [3.63, 3.8) is 0 Å². The molecular weight excluding hydrogens is 406 g/mol. The molecular formula is C21H31N3O5S.